The number of ether oxygens (including phenoxy) is 2. The van der Waals surface area contributed by atoms with Gasteiger partial charge in [0.2, 0.25) is 6.79 Å². The minimum Gasteiger partial charge on any atom is -0.454 e. The van der Waals surface area contributed by atoms with Crippen LogP contribution in [0.4, 0.5) is 5.82 Å². The maximum Gasteiger partial charge on any atom is 0.253 e. The quantitative estimate of drug-likeness (QED) is 0.585. The molecular formula is C18H15N5O2S. The van der Waals surface area contributed by atoms with Crippen molar-refractivity contribution >= 4 is 27.4 Å². The predicted molar refractivity (Wildman–Crippen MR) is 99.3 cm³/mol. The van der Waals surface area contributed by atoms with Crippen LogP contribution in [0.1, 0.15) is 5.56 Å². The third-order valence-electron chi connectivity index (χ3n) is 4.17. The van der Waals surface area contributed by atoms with E-state index < -0.39 is 0 Å². The summed E-state index contributed by atoms with van der Waals surface area (Å²) in [7, 11) is 0. The largest absolute Gasteiger partial charge is 0.454 e. The van der Waals surface area contributed by atoms with Crippen LogP contribution in [0.2, 0.25) is 0 Å². The van der Waals surface area contributed by atoms with Gasteiger partial charge in [0.1, 0.15) is 10.6 Å². The van der Waals surface area contributed by atoms with Gasteiger partial charge in [0.05, 0.1) is 5.39 Å². The van der Waals surface area contributed by atoms with Gasteiger partial charge in [-0.05, 0) is 41.6 Å². The lowest BCUT2D eigenvalue weighted by molar-refractivity contribution is 0.174. The Labute approximate surface area is 153 Å². The van der Waals surface area contributed by atoms with Gasteiger partial charge in [-0.15, -0.1) is 11.3 Å². The highest BCUT2D eigenvalue weighted by molar-refractivity contribution is 7.16. The fourth-order valence-electron chi connectivity index (χ4n) is 2.89. The van der Waals surface area contributed by atoms with Crippen LogP contribution in [-0.4, -0.2) is 33.1 Å². The summed E-state index contributed by atoms with van der Waals surface area (Å²) in [6.07, 6.45) is 4.41. The van der Waals surface area contributed by atoms with E-state index in [0.717, 1.165) is 40.5 Å². The van der Waals surface area contributed by atoms with Crippen LogP contribution in [-0.2, 0) is 6.42 Å². The van der Waals surface area contributed by atoms with E-state index in [-0.39, 0.29) is 0 Å². The summed E-state index contributed by atoms with van der Waals surface area (Å²) >= 11 is 1.59. The van der Waals surface area contributed by atoms with Crippen LogP contribution in [0.3, 0.4) is 0 Å². The molecule has 130 valence electrons. The van der Waals surface area contributed by atoms with Gasteiger partial charge in [-0.2, -0.15) is 15.1 Å². The molecular weight excluding hydrogens is 350 g/mol. The highest BCUT2D eigenvalue weighted by Crippen LogP contribution is 2.32. The number of hydrogen-bond donors (Lipinski definition) is 1. The van der Waals surface area contributed by atoms with E-state index in [4.69, 9.17) is 9.47 Å². The summed E-state index contributed by atoms with van der Waals surface area (Å²) in [6, 6.07) is 9.93. The lowest BCUT2D eigenvalue weighted by Crippen LogP contribution is -2.09. The molecule has 1 N–H and O–H groups in total. The molecule has 0 saturated carbocycles. The Hall–Kier alpha value is -3.13. The van der Waals surface area contributed by atoms with Crippen LogP contribution in [0.15, 0.2) is 48.1 Å². The zero-order chi connectivity index (χ0) is 17.3. The molecule has 1 aliphatic rings. The van der Waals surface area contributed by atoms with Crippen molar-refractivity contribution in [3.63, 3.8) is 0 Å². The molecule has 0 fully saturated rings. The Morgan fingerprint density at radius 3 is 3.04 bits per heavy atom. The van der Waals surface area contributed by atoms with Crippen LogP contribution < -0.4 is 14.8 Å². The van der Waals surface area contributed by atoms with Crippen molar-refractivity contribution in [3.8, 4) is 17.4 Å². The van der Waals surface area contributed by atoms with Gasteiger partial charge in [-0.3, -0.25) is 0 Å². The second-order valence-electron chi connectivity index (χ2n) is 5.83. The molecule has 0 amide bonds. The number of anilines is 1. The number of aromatic nitrogens is 4. The standard InChI is InChI=1S/C18H15N5O2S/c1-6-20-23(8-1)18-21-16(13-5-9-26-17(13)22-18)19-7-4-12-2-3-14-15(10-12)25-11-24-14/h1-3,5-6,8-10H,4,7,11H2,(H,19,21,22). The molecule has 4 aromatic rings. The molecule has 0 bridgehead atoms. The van der Waals surface area contributed by atoms with Gasteiger partial charge in [-0.1, -0.05) is 6.07 Å². The van der Waals surface area contributed by atoms with E-state index in [0.29, 0.717) is 12.7 Å². The monoisotopic (exact) mass is 365 g/mol. The van der Waals surface area contributed by atoms with Gasteiger partial charge in [-0.25, -0.2) is 4.68 Å². The molecule has 0 atom stereocenters. The molecule has 5 rings (SSSR count). The zero-order valence-electron chi connectivity index (χ0n) is 13.8. The zero-order valence-corrected chi connectivity index (χ0v) is 14.6. The first kappa shape index (κ1) is 15.2. The maximum atomic E-state index is 5.44. The summed E-state index contributed by atoms with van der Waals surface area (Å²) in [5, 5.41) is 10.7. The Bertz CT molecular complexity index is 1060. The van der Waals surface area contributed by atoms with E-state index in [2.05, 4.69) is 26.4 Å². The lowest BCUT2D eigenvalue weighted by atomic mass is 10.1. The minimum absolute atomic E-state index is 0.296. The van der Waals surface area contributed by atoms with E-state index in [9.17, 15) is 0 Å². The lowest BCUT2D eigenvalue weighted by Gasteiger charge is -2.09. The Kier molecular flexibility index (Phi) is 3.67. The highest BCUT2D eigenvalue weighted by atomic mass is 32.1. The summed E-state index contributed by atoms with van der Waals surface area (Å²) in [6.45, 7) is 1.05. The highest BCUT2D eigenvalue weighted by Gasteiger charge is 2.14. The van der Waals surface area contributed by atoms with Gasteiger partial charge >= 0.3 is 0 Å². The van der Waals surface area contributed by atoms with Gasteiger partial charge in [0.25, 0.3) is 5.95 Å². The molecule has 0 radical (unpaired) electrons. The Morgan fingerprint density at radius 2 is 2.12 bits per heavy atom. The smallest absolute Gasteiger partial charge is 0.253 e. The van der Waals surface area contributed by atoms with Gasteiger partial charge in [0.15, 0.2) is 11.5 Å². The topological polar surface area (TPSA) is 74.1 Å². The molecule has 1 aliphatic heterocycles. The molecule has 7 nitrogen and oxygen atoms in total. The third-order valence-corrected chi connectivity index (χ3v) is 4.97. The van der Waals surface area contributed by atoms with Crippen molar-refractivity contribution < 1.29 is 9.47 Å². The predicted octanol–water partition coefficient (Wildman–Crippen LogP) is 3.26. The van der Waals surface area contributed by atoms with Crippen LogP contribution in [0, 0.1) is 0 Å². The summed E-state index contributed by atoms with van der Waals surface area (Å²) in [4.78, 5) is 10.2. The number of nitrogens with zero attached hydrogens (tertiary/aromatic N) is 4. The van der Waals surface area contributed by atoms with Crippen molar-refractivity contribution in [2.75, 3.05) is 18.7 Å². The molecule has 3 aromatic heterocycles. The van der Waals surface area contributed by atoms with Crippen LogP contribution in [0.25, 0.3) is 16.2 Å². The molecule has 4 heterocycles. The Morgan fingerprint density at radius 1 is 1.15 bits per heavy atom. The average molecular weight is 365 g/mol. The molecule has 0 spiro atoms. The van der Waals surface area contributed by atoms with Crippen molar-refractivity contribution in [1.82, 2.24) is 19.7 Å². The number of rotatable bonds is 5. The summed E-state index contributed by atoms with van der Waals surface area (Å²) in [5.74, 6) is 3.00. The number of hydrogen-bond acceptors (Lipinski definition) is 7. The molecule has 1 aromatic carbocycles. The maximum absolute atomic E-state index is 5.44. The number of fused-ring (bicyclic) bond motifs is 2. The van der Waals surface area contributed by atoms with Gasteiger partial charge < -0.3 is 14.8 Å². The van der Waals surface area contributed by atoms with E-state index in [1.165, 1.54) is 5.56 Å². The van der Waals surface area contributed by atoms with Crippen molar-refractivity contribution in [1.29, 1.82) is 0 Å². The van der Waals surface area contributed by atoms with Crippen molar-refractivity contribution in [2.45, 2.75) is 6.42 Å². The third kappa shape index (κ3) is 2.74. The van der Waals surface area contributed by atoms with Crippen LogP contribution in [0.5, 0.6) is 11.5 Å². The number of nitrogens with one attached hydrogen (secondary N) is 1. The van der Waals surface area contributed by atoms with E-state index >= 15 is 0 Å². The summed E-state index contributed by atoms with van der Waals surface area (Å²) < 4.78 is 12.5. The Balaban J connectivity index is 1.36. The van der Waals surface area contributed by atoms with Crippen molar-refractivity contribution in [3.05, 3.63) is 53.7 Å². The van der Waals surface area contributed by atoms with E-state index in [1.54, 1.807) is 22.2 Å². The second-order valence-corrected chi connectivity index (χ2v) is 6.72. The minimum atomic E-state index is 0.296. The average Bonchev–Trinajstić information content (AvgIpc) is 3.41. The van der Waals surface area contributed by atoms with E-state index in [1.807, 2.05) is 35.8 Å². The SMILES string of the molecule is c1cnn(-c2nc(NCCc3ccc4c(c3)OCO4)c3ccsc3n2)c1. The second kappa shape index (κ2) is 6.30. The molecule has 0 saturated heterocycles. The normalized spacial score (nSPS) is 12.6. The first-order valence-corrected chi connectivity index (χ1v) is 9.12. The van der Waals surface area contributed by atoms with Gasteiger partial charge in [0, 0.05) is 18.9 Å². The fraction of sp³-hybridized carbons (Fsp3) is 0.167. The molecule has 26 heavy (non-hydrogen) atoms. The number of thiophene rings is 1. The first-order chi connectivity index (χ1) is 12.9. The van der Waals surface area contributed by atoms with Crippen molar-refractivity contribution in [2.24, 2.45) is 0 Å². The summed E-state index contributed by atoms with van der Waals surface area (Å²) in [5.41, 5.74) is 1.18. The number of benzene rings is 1. The van der Waals surface area contributed by atoms with Crippen LogP contribution >= 0.6 is 11.3 Å². The molecule has 0 unspecified atom stereocenters. The molecule has 0 aliphatic carbocycles. The fourth-order valence-corrected chi connectivity index (χ4v) is 3.65. The first-order valence-electron chi connectivity index (χ1n) is 8.24. The molecule has 8 heteroatoms.